The van der Waals surface area contributed by atoms with E-state index in [9.17, 15) is 10.1 Å². The van der Waals surface area contributed by atoms with Crippen LogP contribution in [0.3, 0.4) is 0 Å². The molecule has 0 bridgehead atoms. The molecule has 0 radical (unpaired) electrons. The monoisotopic (exact) mass is 386 g/mol. The van der Waals surface area contributed by atoms with Gasteiger partial charge < -0.3 is 9.64 Å². The van der Waals surface area contributed by atoms with E-state index in [1.54, 1.807) is 11.0 Å². The second-order valence-corrected chi connectivity index (χ2v) is 6.27. The number of nitro groups is 1. The van der Waals surface area contributed by atoms with Gasteiger partial charge in [-0.25, -0.2) is 4.98 Å². The molecule has 0 aliphatic carbocycles. The molecule has 0 spiro atoms. The maximum atomic E-state index is 12.0. The van der Waals surface area contributed by atoms with E-state index >= 15 is 0 Å². The lowest BCUT2D eigenvalue weighted by atomic mass is 10.1. The minimum absolute atomic E-state index is 0.0919. The van der Waals surface area contributed by atoms with Crippen LogP contribution in [0.1, 0.15) is 6.92 Å². The highest BCUT2D eigenvalue weighted by molar-refractivity contribution is 5.88. The second kappa shape index (κ2) is 7.93. The van der Waals surface area contributed by atoms with Crippen molar-refractivity contribution in [3.8, 4) is 11.6 Å². The van der Waals surface area contributed by atoms with Crippen LogP contribution < -0.4 is 9.64 Å². The van der Waals surface area contributed by atoms with Crippen molar-refractivity contribution in [1.29, 1.82) is 0 Å². The van der Waals surface area contributed by atoms with Crippen LogP contribution in [0.4, 0.5) is 17.2 Å². The normalized spacial score (nSPS) is 10.7. The predicted molar refractivity (Wildman–Crippen MR) is 112 cm³/mol. The van der Waals surface area contributed by atoms with Gasteiger partial charge in [-0.1, -0.05) is 54.6 Å². The first-order valence-electron chi connectivity index (χ1n) is 9.16. The smallest absolute Gasteiger partial charge is 0.373 e. The SMILES string of the molecule is CCN(c1ccccc1)c1ncnc(Oc2cccc3ccccc23)c1[N+](=O)[O-]. The molecular weight excluding hydrogens is 368 g/mol. The lowest BCUT2D eigenvalue weighted by Gasteiger charge is -2.22. The molecule has 0 saturated heterocycles. The Hall–Kier alpha value is -4.00. The lowest BCUT2D eigenvalue weighted by molar-refractivity contribution is -0.385. The van der Waals surface area contributed by atoms with E-state index in [2.05, 4.69) is 9.97 Å². The number of fused-ring (bicyclic) bond motifs is 1. The molecule has 7 nitrogen and oxygen atoms in total. The number of ether oxygens (including phenoxy) is 1. The summed E-state index contributed by atoms with van der Waals surface area (Å²) >= 11 is 0. The third-order valence-corrected chi connectivity index (χ3v) is 4.55. The topological polar surface area (TPSA) is 81.4 Å². The van der Waals surface area contributed by atoms with Gasteiger partial charge in [0.25, 0.3) is 0 Å². The minimum atomic E-state index is -0.499. The number of benzene rings is 3. The fraction of sp³-hybridized carbons (Fsp3) is 0.0909. The molecule has 0 unspecified atom stereocenters. The first-order valence-corrected chi connectivity index (χ1v) is 9.16. The van der Waals surface area contributed by atoms with E-state index in [1.807, 2.05) is 73.7 Å². The van der Waals surface area contributed by atoms with Crippen molar-refractivity contribution in [3.05, 3.63) is 89.2 Å². The number of para-hydroxylation sites is 1. The van der Waals surface area contributed by atoms with E-state index in [0.29, 0.717) is 12.3 Å². The molecule has 4 aromatic rings. The van der Waals surface area contributed by atoms with Crippen LogP contribution >= 0.6 is 0 Å². The first-order chi connectivity index (χ1) is 14.2. The molecule has 1 heterocycles. The summed E-state index contributed by atoms with van der Waals surface area (Å²) in [5, 5.41) is 13.8. The third kappa shape index (κ3) is 3.58. The maximum Gasteiger partial charge on any atom is 0.373 e. The van der Waals surface area contributed by atoms with Crippen molar-refractivity contribution >= 4 is 28.0 Å². The summed E-state index contributed by atoms with van der Waals surface area (Å²) in [5.41, 5.74) is 0.527. The Morgan fingerprint density at radius 1 is 0.966 bits per heavy atom. The van der Waals surface area contributed by atoms with E-state index in [1.165, 1.54) is 6.33 Å². The van der Waals surface area contributed by atoms with Gasteiger partial charge in [-0.15, -0.1) is 0 Å². The molecule has 3 aromatic carbocycles. The van der Waals surface area contributed by atoms with Crippen molar-refractivity contribution in [1.82, 2.24) is 9.97 Å². The Kier molecular flexibility index (Phi) is 5.03. The number of rotatable bonds is 6. The average molecular weight is 386 g/mol. The van der Waals surface area contributed by atoms with E-state index in [-0.39, 0.29) is 17.4 Å². The van der Waals surface area contributed by atoms with Crippen molar-refractivity contribution < 1.29 is 9.66 Å². The van der Waals surface area contributed by atoms with E-state index < -0.39 is 4.92 Å². The van der Waals surface area contributed by atoms with Gasteiger partial charge >= 0.3 is 11.6 Å². The third-order valence-electron chi connectivity index (χ3n) is 4.55. The Bertz CT molecular complexity index is 1160. The summed E-state index contributed by atoms with van der Waals surface area (Å²) in [6, 6.07) is 22.6. The second-order valence-electron chi connectivity index (χ2n) is 6.27. The number of aromatic nitrogens is 2. The predicted octanol–water partition coefficient (Wildman–Crippen LogP) is 5.49. The maximum absolute atomic E-state index is 12.0. The Morgan fingerprint density at radius 2 is 1.69 bits per heavy atom. The van der Waals surface area contributed by atoms with Gasteiger partial charge in [-0.05, 0) is 30.5 Å². The molecule has 144 valence electrons. The summed E-state index contributed by atoms with van der Waals surface area (Å²) in [6.45, 7) is 2.40. The molecule has 0 saturated carbocycles. The van der Waals surface area contributed by atoms with Crippen LogP contribution in [0.25, 0.3) is 10.8 Å². The van der Waals surface area contributed by atoms with Crippen molar-refractivity contribution in [2.24, 2.45) is 0 Å². The molecule has 0 atom stereocenters. The summed E-state index contributed by atoms with van der Waals surface area (Å²) in [5.74, 6) is 0.596. The summed E-state index contributed by atoms with van der Waals surface area (Å²) in [6.07, 6.45) is 1.29. The highest BCUT2D eigenvalue weighted by atomic mass is 16.6. The van der Waals surface area contributed by atoms with Crippen LogP contribution in [0.2, 0.25) is 0 Å². The van der Waals surface area contributed by atoms with Gasteiger partial charge in [0.15, 0.2) is 0 Å². The fourth-order valence-electron chi connectivity index (χ4n) is 3.24. The first kappa shape index (κ1) is 18.4. The molecule has 0 aliphatic heterocycles. The number of anilines is 2. The lowest BCUT2D eigenvalue weighted by Crippen LogP contribution is -2.19. The summed E-state index contributed by atoms with van der Waals surface area (Å²) in [4.78, 5) is 21.5. The largest absolute Gasteiger partial charge is 0.433 e. The molecule has 0 fully saturated rings. The molecule has 0 N–H and O–H groups in total. The van der Waals surface area contributed by atoms with E-state index in [4.69, 9.17) is 4.74 Å². The van der Waals surface area contributed by atoms with Crippen LogP contribution in [-0.4, -0.2) is 21.4 Å². The van der Waals surface area contributed by atoms with Crippen molar-refractivity contribution in [2.45, 2.75) is 6.92 Å². The van der Waals surface area contributed by atoms with Gasteiger partial charge in [-0.2, -0.15) is 4.98 Å². The van der Waals surface area contributed by atoms with Crippen molar-refractivity contribution in [2.75, 3.05) is 11.4 Å². The summed E-state index contributed by atoms with van der Waals surface area (Å²) in [7, 11) is 0. The molecule has 0 aliphatic rings. The molecule has 29 heavy (non-hydrogen) atoms. The zero-order valence-electron chi connectivity index (χ0n) is 15.7. The van der Waals surface area contributed by atoms with Crippen LogP contribution in [0.5, 0.6) is 11.6 Å². The van der Waals surface area contributed by atoms with Crippen LogP contribution in [0, 0.1) is 10.1 Å². The van der Waals surface area contributed by atoms with Crippen molar-refractivity contribution in [3.63, 3.8) is 0 Å². The van der Waals surface area contributed by atoms with Gasteiger partial charge in [-0.3, -0.25) is 10.1 Å². The zero-order valence-corrected chi connectivity index (χ0v) is 15.7. The quantitative estimate of drug-likeness (QED) is 0.322. The average Bonchev–Trinajstić information content (AvgIpc) is 2.75. The van der Waals surface area contributed by atoms with Gasteiger partial charge in [0.1, 0.15) is 12.1 Å². The molecule has 0 amide bonds. The number of nitrogens with zero attached hydrogens (tertiary/aromatic N) is 4. The molecular formula is C22H18N4O3. The zero-order chi connectivity index (χ0) is 20.2. The number of hydrogen-bond donors (Lipinski definition) is 0. The van der Waals surface area contributed by atoms with Crippen LogP contribution in [0.15, 0.2) is 79.1 Å². The summed E-state index contributed by atoms with van der Waals surface area (Å²) < 4.78 is 5.94. The standard InChI is InChI=1S/C22H18N4O3/c1-2-25(17-11-4-3-5-12-17)21-20(26(27)28)22(24-15-23-21)29-19-14-8-10-16-9-6-7-13-18(16)19/h3-15H,2H2,1H3. The molecule has 1 aromatic heterocycles. The fourth-order valence-corrected chi connectivity index (χ4v) is 3.24. The van der Waals surface area contributed by atoms with Gasteiger partial charge in [0.2, 0.25) is 5.82 Å². The van der Waals surface area contributed by atoms with E-state index in [0.717, 1.165) is 16.5 Å². The highest BCUT2D eigenvalue weighted by Gasteiger charge is 2.29. The Balaban J connectivity index is 1.83. The Labute approximate surface area is 167 Å². The molecule has 7 heteroatoms. The Morgan fingerprint density at radius 3 is 2.45 bits per heavy atom. The van der Waals surface area contributed by atoms with Gasteiger partial charge in [0.05, 0.1) is 4.92 Å². The highest BCUT2D eigenvalue weighted by Crippen LogP contribution is 2.40. The number of hydrogen-bond acceptors (Lipinski definition) is 6. The van der Waals surface area contributed by atoms with Gasteiger partial charge in [0, 0.05) is 17.6 Å². The molecule has 4 rings (SSSR count). The van der Waals surface area contributed by atoms with Crippen LogP contribution in [-0.2, 0) is 0 Å². The minimum Gasteiger partial charge on any atom is -0.433 e.